The fourth-order valence-corrected chi connectivity index (χ4v) is 2.94. The number of hydrogen-bond acceptors (Lipinski definition) is 5. The molecule has 0 N–H and O–H groups in total. The summed E-state index contributed by atoms with van der Waals surface area (Å²) in [5, 5.41) is 4.00. The monoisotopic (exact) mass is 380 g/mol. The summed E-state index contributed by atoms with van der Waals surface area (Å²) in [6.07, 6.45) is 0. The van der Waals surface area contributed by atoms with E-state index < -0.39 is 5.41 Å². The van der Waals surface area contributed by atoms with Crippen LogP contribution in [0.5, 0.6) is 0 Å². The van der Waals surface area contributed by atoms with Gasteiger partial charge >= 0.3 is 0 Å². The summed E-state index contributed by atoms with van der Waals surface area (Å²) in [6, 6.07) is 5.93. The maximum atomic E-state index is 13.0. The zero-order chi connectivity index (χ0) is 18.7. The summed E-state index contributed by atoms with van der Waals surface area (Å²) >= 11 is 5.90. The largest absolute Gasteiger partial charge is 0.340 e. The van der Waals surface area contributed by atoms with E-state index in [4.69, 9.17) is 16.1 Å². The quantitative estimate of drug-likeness (QED) is 0.746. The zero-order valence-electron chi connectivity index (χ0n) is 14.9. The molecule has 1 amide bonds. The van der Waals surface area contributed by atoms with Gasteiger partial charge in [-0.2, -0.15) is 4.98 Å². The molecular weight excluding hydrogens is 359 g/mol. The molecule has 26 heavy (non-hydrogen) atoms. The lowest BCUT2D eigenvalue weighted by molar-refractivity contribution is -0.141. The van der Waals surface area contributed by atoms with Gasteiger partial charge in [0.1, 0.15) is 5.82 Å². The maximum Gasteiger partial charge on any atom is 0.257 e. The first-order valence-corrected chi connectivity index (χ1v) is 9.09. The van der Waals surface area contributed by atoms with Crippen molar-refractivity contribution < 1.29 is 13.7 Å². The molecule has 8 heteroatoms. The van der Waals surface area contributed by atoms with E-state index in [2.05, 4.69) is 15.0 Å². The lowest BCUT2D eigenvalue weighted by Gasteiger charge is -2.37. The van der Waals surface area contributed by atoms with Gasteiger partial charge in [-0.15, -0.1) is 11.6 Å². The van der Waals surface area contributed by atoms with Crippen molar-refractivity contribution in [2.75, 3.05) is 32.1 Å². The predicted octanol–water partition coefficient (Wildman–Crippen LogP) is 2.78. The molecule has 0 unspecified atom stereocenters. The minimum absolute atomic E-state index is 0.0882. The molecule has 2 heterocycles. The Bertz CT molecular complexity index is 755. The van der Waals surface area contributed by atoms with Crippen molar-refractivity contribution in [1.82, 2.24) is 19.9 Å². The highest BCUT2D eigenvalue weighted by Gasteiger charge is 2.33. The lowest BCUT2D eigenvalue weighted by Crippen LogP contribution is -2.52. The van der Waals surface area contributed by atoms with Crippen molar-refractivity contribution in [3.05, 3.63) is 35.9 Å². The molecule has 1 fully saturated rings. The number of amides is 1. The molecule has 6 nitrogen and oxygen atoms in total. The number of hydrogen-bond donors (Lipinski definition) is 0. The first kappa shape index (κ1) is 18.8. The van der Waals surface area contributed by atoms with E-state index in [1.807, 2.05) is 18.7 Å². The minimum atomic E-state index is -0.540. The van der Waals surface area contributed by atoms with Crippen molar-refractivity contribution in [3.63, 3.8) is 0 Å². The fourth-order valence-electron chi connectivity index (χ4n) is 2.82. The van der Waals surface area contributed by atoms with E-state index in [-0.39, 0.29) is 11.7 Å². The number of piperazine rings is 1. The van der Waals surface area contributed by atoms with Gasteiger partial charge in [0, 0.05) is 37.6 Å². The lowest BCUT2D eigenvalue weighted by atomic mass is 9.94. The Kier molecular flexibility index (Phi) is 5.58. The third kappa shape index (κ3) is 4.22. The zero-order valence-corrected chi connectivity index (χ0v) is 15.7. The van der Waals surface area contributed by atoms with Gasteiger partial charge in [-0.3, -0.25) is 9.69 Å². The van der Waals surface area contributed by atoms with Gasteiger partial charge in [0.05, 0.1) is 12.0 Å². The van der Waals surface area contributed by atoms with Crippen molar-refractivity contribution in [3.8, 4) is 11.5 Å². The Balaban J connectivity index is 1.55. The van der Waals surface area contributed by atoms with Crippen molar-refractivity contribution in [1.29, 1.82) is 0 Å². The average molecular weight is 381 g/mol. The molecule has 140 valence electrons. The summed E-state index contributed by atoms with van der Waals surface area (Å²) in [7, 11) is 0. The van der Waals surface area contributed by atoms with Crippen LogP contribution in [0.3, 0.4) is 0 Å². The maximum absolute atomic E-state index is 13.0. The smallest absolute Gasteiger partial charge is 0.257 e. The van der Waals surface area contributed by atoms with Gasteiger partial charge in [-0.1, -0.05) is 5.16 Å². The fraction of sp³-hybridized carbons (Fsp3) is 0.500. The molecule has 1 aliphatic rings. The van der Waals surface area contributed by atoms with Crippen LogP contribution in [0.2, 0.25) is 0 Å². The van der Waals surface area contributed by atoms with Crippen molar-refractivity contribution >= 4 is 17.5 Å². The highest BCUT2D eigenvalue weighted by molar-refractivity contribution is 6.19. The molecule has 0 spiro atoms. The number of carbonyl (C=O) groups excluding carboxylic acids is 1. The van der Waals surface area contributed by atoms with Crippen LogP contribution in [-0.4, -0.2) is 57.9 Å². The molecule has 3 rings (SSSR count). The van der Waals surface area contributed by atoms with Gasteiger partial charge in [0.15, 0.2) is 5.82 Å². The van der Waals surface area contributed by atoms with Crippen LogP contribution in [0.1, 0.15) is 19.7 Å². The molecule has 0 aliphatic carbocycles. The molecule has 0 atom stereocenters. The summed E-state index contributed by atoms with van der Waals surface area (Å²) in [5.41, 5.74) is 0.144. The first-order chi connectivity index (χ1) is 12.4. The SMILES string of the molecule is CC(C)(CCl)C(=O)N1CCN(Cc2noc(-c3ccc(F)cc3)n2)CC1. The third-order valence-corrected chi connectivity index (χ3v) is 5.16. The van der Waals surface area contributed by atoms with Crippen LogP contribution in [0.15, 0.2) is 28.8 Å². The van der Waals surface area contributed by atoms with Crippen molar-refractivity contribution in [2.24, 2.45) is 5.41 Å². The Hall–Kier alpha value is -1.99. The number of benzene rings is 1. The second kappa shape index (κ2) is 7.72. The Labute approximate surface area is 156 Å². The highest BCUT2D eigenvalue weighted by Crippen LogP contribution is 2.22. The number of aromatic nitrogens is 2. The second-order valence-electron chi connectivity index (χ2n) is 7.11. The normalized spacial score (nSPS) is 16.1. The van der Waals surface area contributed by atoms with E-state index in [1.165, 1.54) is 12.1 Å². The molecule has 1 aliphatic heterocycles. The van der Waals surface area contributed by atoms with E-state index >= 15 is 0 Å². The number of alkyl halides is 1. The summed E-state index contributed by atoms with van der Waals surface area (Å²) in [4.78, 5) is 20.9. The molecule has 0 bridgehead atoms. The molecular formula is C18H22ClFN4O2. The van der Waals surface area contributed by atoms with Crippen molar-refractivity contribution in [2.45, 2.75) is 20.4 Å². The number of carbonyl (C=O) groups is 1. The van der Waals surface area contributed by atoms with Crippen LogP contribution in [0, 0.1) is 11.2 Å². The Morgan fingerprint density at radius 1 is 1.23 bits per heavy atom. The predicted molar refractivity (Wildman–Crippen MR) is 96.1 cm³/mol. The standard InChI is InChI=1S/C18H22ClFN4O2/c1-18(2,12-19)17(25)24-9-7-23(8-10-24)11-15-21-16(26-22-15)13-3-5-14(20)6-4-13/h3-6H,7-12H2,1-2H3. The van der Waals surface area contributed by atoms with Crippen LogP contribution >= 0.6 is 11.6 Å². The van der Waals surface area contributed by atoms with Crippen LogP contribution in [-0.2, 0) is 11.3 Å². The van der Waals surface area contributed by atoms with E-state index in [1.54, 1.807) is 12.1 Å². The summed E-state index contributed by atoms with van der Waals surface area (Å²) < 4.78 is 18.3. The van der Waals surface area contributed by atoms with E-state index in [0.29, 0.717) is 42.8 Å². The molecule has 0 saturated carbocycles. The van der Waals surface area contributed by atoms with E-state index in [0.717, 1.165) is 13.1 Å². The topological polar surface area (TPSA) is 62.5 Å². The van der Waals surface area contributed by atoms with Gasteiger partial charge in [0.25, 0.3) is 5.89 Å². The number of rotatable bonds is 5. The number of nitrogens with zero attached hydrogens (tertiary/aromatic N) is 4. The summed E-state index contributed by atoms with van der Waals surface area (Å²) in [5.74, 6) is 1.03. The Morgan fingerprint density at radius 2 is 1.88 bits per heavy atom. The number of halogens is 2. The van der Waals surface area contributed by atoms with Gasteiger partial charge in [-0.05, 0) is 38.1 Å². The van der Waals surface area contributed by atoms with Gasteiger partial charge in [-0.25, -0.2) is 4.39 Å². The molecule has 2 aromatic rings. The molecule has 1 aromatic heterocycles. The highest BCUT2D eigenvalue weighted by atomic mass is 35.5. The second-order valence-corrected chi connectivity index (χ2v) is 7.38. The first-order valence-electron chi connectivity index (χ1n) is 8.55. The van der Waals surface area contributed by atoms with Crippen LogP contribution < -0.4 is 0 Å². The van der Waals surface area contributed by atoms with Gasteiger partial charge in [0.2, 0.25) is 5.91 Å². The minimum Gasteiger partial charge on any atom is -0.340 e. The van der Waals surface area contributed by atoms with E-state index in [9.17, 15) is 9.18 Å². The summed E-state index contributed by atoms with van der Waals surface area (Å²) in [6.45, 7) is 7.07. The van der Waals surface area contributed by atoms with Crippen LogP contribution in [0.25, 0.3) is 11.5 Å². The third-order valence-electron chi connectivity index (χ3n) is 4.50. The van der Waals surface area contributed by atoms with Crippen LogP contribution in [0.4, 0.5) is 4.39 Å². The average Bonchev–Trinajstić information content (AvgIpc) is 3.11. The molecule has 0 radical (unpaired) electrons. The molecule has 1 aromatic carbocycles. The van der Waals surface area contributed by atoms with Gasteiger partial charge < -0.3 is 9.42 Å². The molecule has 1 saturated heterocycles. The Morgan fingerprint density at radius 3 is 2.50 bits per heavy atom.